The van der Waals surface area contributed by atoms with Gasteiger partial charge in [-0.25, -0.2) is 27.9 Å². The molecule has 1 atom stereocenters. The van der Waals surface area contributed by atoms with Crippen LogP contribution in [0.3, 0.4) is 0 Å². The molecule has 56 heavy (non-hydrogen) atoms. The van der Waals surface area contributed by atoms with Crippen LogP contribution in [-0.4, -0.2) is 69.6 Å². The average molecular weight is 798 g/mol. The van der Waals surface area contributed by atoms with Gasteiger partial charge in [0.1, 0.15) is 12.1 Å². The number of nitrogens with one attached hydrogen (secondary N) is 2. The summed E-state index contributed by atoms with van der Waals surface area (Å²) in [7, 11) is -2.54. The van der Waals surface area contributed by atoms with Crippen LogP contribution in [0.25, 0.3) is 22.4 Å². The van der Waals surface area contributed by atoms with Gasteiger partial charge in [0.05, 0.1) is 40.7 Å². The molecule has 0 aliphatic rings. The van der Waals surface area contributed by atoms with Gasteiger partial charge in [-0.2, -0.15) is 4.98 Å². The van der Waals surface area contributed by atoms with Crippen LogP contribution in [0.2, 0.25) is 0 Å². The summed E-state index contributed by atoms with van der Waals surface area (Å²) in [4.78, 5) is 29.4. The first-order chi connectivity index (χ1) is 26.1. The Morgan fingerprint density at radius 3 is 2.38 bits per heavy atom. The third-order valence-corrected chi connectivity index (χ3v) is 10.3. The SMILES string of the molecule is Cc1cccc(CC(C)C)c1-c1nc(NS(=O)(=O)c2cccc(C(=O)O)c2)nc(OC[C@@H](COC(F)(F)F)NCc2cnc3cc(C(C)(C)C)n(C)c3n2)c1C. The Kier molecular flexibility index (Phi) is 12.4. The van der Waals surface area contributed by atoms with Gasteiger partial charge in [-0.15, -0.1) is 13.2 Å². The molecule has 0 saturated carbocycles. The number of carboxylic acid groups (broad SMARTS) is 1. The largest absolute Gasteiger partial charge is 0.522 e. The van der Waals surface area contributed by atoms with Crippen LogP contribution in [0.5, 0.6) is 5.88 Å². The predicted molar refractivity (Wildman–Crippen MR) is 205 cm³/mol. The number of nitrogens with zero attached hydrogens (tertiary/aromatic N) is 5. The molecule has 0 fully saturated rings. The van der Waals surface area contributed by atoms with Gasteiger partial charge in [-0.3, -0.25) is 9.72 Å². The number of fused-ring (bicyclic) bond motifs is 1. The molecule has 3 aromatic heterocycles. The zero-order chi connectivity index (χ0) is 41.2. The number of benzene rings is 2. The maximum absolute atomic E-state index is 13.5. The molecule has 0 unspecified atom stereocenters. The van der Waals surface area contributed by atoms with E-state index < -0.39 is 41.0 Å². The van der Waals surface area contributed by atoms with E-state index in [0.717, 1.165) is 28.5 Å². The van der Waals surface area contributed by atoms with Crippen LogP contribution in [-0.2, 0) is 40.2 Å². The maximum atomic E-state index is 13.5. The Balaban J connectivity index is 1.50. The number of carboxylic acids is 1. The van der Waals surface area contributed by atoms with Gasteiger partial charge in [0, 0.05) is 35.8 Å². The fourth-order valence-electron chi connectivity index (χ4n) is 6.29. The van der Waals surface area contributed by atoms with Gasteiger partial charge in [0.2, 0.25) is 11.8 Å². The van der Waals surface area contributed by atoms with Crippen molar-refractivity contribution in [2.45, 2.75) is 84.1 Å². The fourth-order valence-corrected chi connectivity index (χ4v) is 7.27. The second-order valence-electron chi connectivity index (χ2n) is 15.0. The zero-order valence-corrected chi connectivity index (χ0v) is 33.3. The van der Waals surface area contributed by atoms with Crippen LogP contribution in [0.4, 0.5) is 19.1 Å². The van der Waals surface area contributed by atoms with Crippen molar-refractivity contribution >= 4 is 33.1 Å². The molecular formula is C39H46F3N7O6S. The Hall–Kier alpha value is -5.13. The van der Waals surface area contributed by atoms with Gasteiger partial charge in [0.15, 0.2) is 5.65 Å². The van der Waals surface area contributed by atoms with Crippen molar-refractivity contribution in [2.24, 2.45) is 13.0 Å². The fraction of sp³-hybridized carbons (Fsp3) is 0.410. The molecule has 17 heteroatoms. The van der Waals surface area contributed by atoms with Crippen LogP contribution in [0.15, 0.2) is 59.6 Å². The lowest BCUT2D eigenvalue weighted by molar-refractivity contribution is -0.326. The van der Waals surface area contributed by atoms with E-state index in [1.807, 2.05) is 42.8 Å². The smallest absolute Gasteiger partial charge is 0.478 e. The molecule has 0 aliphatic heterocycles. The van der Waals surface area contributed by atoms with Crippen molar-refractivity contribution in [3.8, 4) is 17.1 Å². The van der Waals surface area contributed by atoms with Crippen molar-refractivity contribution in [1.29, 1.82) is 0 Å². The standard InChI is InChI=1S/C39H46F3N7O6S/c1-22(2)15-25-12-9-11-23(3)32(25)33-24(4)35(47-37(46-33)48-56(52,53)29-14-10-13-26(16-29)36(50)51)54-20-28(21-55-39(40,41)42)43-18-27-19-44-30-17-31(38(5,6)7)49(8)34(30)45-27/h9-14,16-17,19,22,28,43H,15,18,20-21H2,1-8H3,(H,50,51)(H,46,47,48)/t28-/m0/s1. The quantitative estimate of drug-likeness (QED) is 0.0987. The number of aromatic carboxylic acids is 1. The number of hydrogen-bond donors (Lipinski definition) is 3. The number of sulfonamides is 1. The summed E-state index contributed by atoms with van der Waals surface area (Å²) < 4.78 is 81.6. The lowest BCUT2D eigenvalue weighted by Gasteiger charge is -2.22. The highest BCUT2D eigenvalue weighted by molar-refractivity contribution is 7.92. The van der Waals surface area contributed by atoms with E-state index in [4.69, 9.17) is 9.72 Å². The first-order valence-electron chi connectivity index (χ1n) is 17.8. The number of aromatic nitrogens is 5. The van der Waals surface area contributed by atoms with E-state index in [1.165, 1.54) is 18.2 Å². The van der Waals surface area contributed by atoms with Gasteiger partial charge in [-0.05, 0) is 61.6 Å². The second kappa shape index (κ2) is 16.5. The minimum Gasteiger partial charge on any atom is -0.478 e. The third-order valence-electron chi connectivity index (χ3n) is 8.94. The van der Waals surface area contributed by atoms with Crippen molar-refractivity contribution in [2.75, 3.05) is 17.9 Å². The van der Waals surface area contributed by atoms with E-state index in [1.54, 1.807) is 13.1 Å². The monoisotopic (exact) mass is 797 g/mol. The Labute approximate surface area is 323 Å². The lowest BCUT2D eigenvalue weighted by Crippen LogP contribution is -2.40. The molecule has 3 N–H and O–H groups in total. The molecule has 0 radical (unpaired) electrons. The van der Waals surface area contributed by atoms with Gasteiger partial charge >= 0.3 is 12.3 Å². The summed E-state index contributed by atoms with van der Waals surface area (Å²) in [5, 5.41) is 12.5. The zero-order valence-electron chi connectivity index (χ0n) is 32.4. The van der Waals surface area contributed by atoms with Gasteiger partial charge in [0.25, 0.3) is 10.0 Å². The van der Waals surface area contributed by atoms with E-state index in [9.17, 15) is 31.5 Å². The van der Waals surface area contributed by atoms with Gasteiger partial charge in [-0.1, -0.05) is 58.9 Å². The van der Waals surface area contributed by atoms with E-state index in [0.29, 0.717) is 34.5 Å². The summed E-state index contributed by atoms with van der Waals surface area (Å²) in [5.41, 5.74) is 5.61. The molecule has 5 rings (SSSR count). The van der Waals surface area contributed by atoms with Crippen LogP contribution in [0, 0.1) is 19.8 Å². The Bertz CT molecular complexity index is 2340. The number of halogens is 3. The van der Waals surface area contributed by atoms with E-state index >= 15 is 0 Å². The minimum absolute atomic E-state index is 0.0183. The number of aryl methyl sites for hydroxylation is 2. The highest BCUT2D eigenvalue weighted by atomic mass is 32.2. The van der Waals surface area contributed by atoms with Gasteiger partial charge < -0.3 is 19.7 Å². The van der Waals surface area contributed by atoms with Crippen LogP contribution >= 0.6 is 0 Å². The molecule has 300 valence electrons. The number of anilines is 1. The molecule has 13 nitrogen and oxygen atoms in total. The molecule has 0 saturated heterocycles. The normalized spacial score (nSPS) is 13.0. The summed E-state index contributed by atoms with van der Waals surface area (Å²) in [6.45, 7) is 12.7. The van der Waals surface area contributed by atoms with E-state index in [-0.39, 0.29) is 40.8 Å². The molecule has 3 heterocycles. The topological polar surface area (TPSA) is 170 Å². The maximum Gasteiger partial charge on any atom is 0.522 e. The summed E-state index contributed by atoms with van der Waals surface area (Å²) in [6.07, 6.45) is -2.72. The molecule has 0 bridgehead atoms. The second-order valence-corrected chi connectivity index (χ2v) is 16.7. The van der Waals surface area contributed by atoms with Crippen molar-refractivity contribution < 1.29 is 41.0 Å². The highest BCUT2D eigenvalue weighted by Gasteiger charge is 2.31. The Morgan fingerprint density at radius 2 is 1.71 bits per heavy atom. The summed E-state index contributed by atoms with van der Waals surface area (Å²) in [6, 6.07) is 11.4. The lowest BCUT2D eigenvalue weighted by atomic mass is 9.91. The molecular weight excluding hydrogens is 752 g/mol. The Morgan fingerprint density at radius 1 is 1.00 bits per heavy atom. The van der Waals surface area contributed by atoms with Crippen LogP contribution in [0.1, 0.15) is 73.1 Å². The molecule has 0 aliphatic carbocycles. The van der Waals surface area contributed by atoms with Crippen molar-refractivity contribution in [3.05, 3.63) is 88.4 Å². The number of rotatable bonds is 15. The molecule has 0 spiro atoms. The van der Waals surface area contributed by atoms with Crippen molar-refractivity contribution in [1.82, 2.24) is 29.8 Å². The van der Waals surface area contributed by atoms with Crippen LogP contribution < -0.4 is 14.8 Å². The summed E-state index contributed by atoms with van der Waals surface area (Å²) >= 11 is 0. The minimum atomic E-state index is -4.93. The third kappa shape index (κ3) is 10.2. The average Bonchev–Trinajstić information content (AvgIpc) is 3.44. The number of carbonyl (C=O) groups is 1. The number of alkyl halides is 3. The first-order valence-corrected chi connectivity index (χ1v) is 19.3. The molecule has 0 amide bonds. The van der Waals surface area contributed by atoms with Crippen molar-refractivity contribution in [3.63, 3.8) is 0 Å². The predicted octanol–water partition coefficient (Wildman–Crippen LogP) is 7.11. The highest BCUT2D eigenvalue weighted by Crippen LogP contribution is 2.35. The first kappa shape index (κ1) is 42.0. The number of hydrogen-bond acceptors (Lipinski definition) is 10. The summed E-state index contributed by atoms with van der Waals surface area (Å²) in [5.74, 6) is -1.55. The number of ether oxygens (including phenoxy) is 2. The molecule has 5 aromatic rings. The van der Waals surface area contributed by atoms with E-state index in [2.05, 4.69) is 64.3 Å². The molecule has 2 aromatic carbocycles.